The molecule has 1 saturated heterocycles. The highest BCUT2D eigenvalue weighted by Gasteiger charge is 2.25. The summed E-state index contributed by atoms with van der Waals surface area (Å²) in [6.45, 7) is 2.33. The second-order valence-corrected chi connectivity index (χ2v) is 4.91. The molecule has 1 amide bonds. The number of amides is 1. The Bertz CT molecular complexity index is 400. The fourth-order valence-corrected chi connectivity index (χ4v) is 2.39. The maximum Gasteiger partial charge on any atom is 0.236 e. The molecule has 1 aliphatic rings. The lowest BCUT2D eigenvalue weighted by Crippen LogP contribution is -2.35. The number of hydrogen-bond acceptors (Lipinski definition) is 3. The van der Waals surface area contributed by atoms with Gasteiger partial charge in [-0.05, 0) is 24.8 Å². The van der Waals surface area contributed by atoms with Gasteiger partial charge in [-0.15, -0.1) is 12.4 Å². The number of nitrogens with two attached hydrogens (primary N) is 1. The van der Waals surface area contributed by atoms with Gasteiger partial charge < -0.3 is 15.4 Å². The van der Waals surface area contributed by atoms with Crippen molar-refractivity contribution in [1.82, 2.24) is 4.90 Å². The lowest BCUT2D eigenvalue weighted by atomic mass is 10.1. The van der Waals surface area contributed by atoms with Gasteiger partial charge in [0.25, 0.3) is 0 Å². The van der Waals surface area contributed by atoms with Crippen molar-refractivity contribution in [3.8, 4) is 0 Å². The topological polar surface area (TPSA) is 55.6 Å². The Hall–Kier alpha value is -1.10. The van der Waals surface area contributed by atoms with E-state index in [1.165, 1.54) is 5.56 Å². The van der Waals surface area contributed by atoms with Crippen LogP contribution in [0, 0.1) is 0 Å². The minimum absolute atomic E-state index is 0. The highest BCUT2D eigenvalue weighted by Crippen LogP contribution is 2.13. The lowest BCUT2D eigenvalue weighted by molar-refractivity contribution is -0.129. The molecule has 1 aliphatic heterocycles. The SMILES string of the molecule is Cl.NCC(=O)N1CCC(OCCCc2ccccc2)C1. The van der Waals surface area contributed by atoms with Gasteiger partial charge in [0, 0.05) is 19.7 Å². The summed E-state index contributed by atoms with van der Waals surface area (Å²) in [7, 11) is 0. The fraction of sp³-hybridized carbons (Fsp3) is 0.533. The summed E-state index contributed by atoms with van der Waals surface area (Å²) in [4.78, 5) is 13.2. The molecule has 1 heterocycles. The molecule has 2 rings (SSSR count). The van der Waals surface area contributed by atoms with Gasteiger partial charge in [0.15, 0.2) is 0 Å². The number of rotatable bonds is 6. The van der Waals surface area contributed by atoms with Crippen molar-refractivity contribution >= 4 is 18.3 Å². The van der Waals surface area contributed by atoms with Crippen LogP contribution in [0.15, 0.2) is 30.3 Å². The largest absolute Gasteiger partial charge is 0.376 e. The fourth-order valence-electron chi connectivity index (χ4n) is 2.39. The zero-order valence-electron chi connectivity index (χ0n) is 11.7. The molecular weight excluding hydrogens is 276 g/mol. The summed E-state index contributed by atoms with van der Waals surface area (Å²) in [5.41, 5.74) is 6.70. The second kappa shape index (κ2) is 8.95. The third kappa shape index (κ3) is 5.12. The first-order chi connectivity index (χ1) is 9.29. The molecule has 20 heavy (non-hydrogen) atoms. The van der Waals surface area contributed by atoms with Crippen LogP contribution >= 0.6 is 12.4 Å². The molecule has 112 valence electrons. The Labute approximate surface area is 126 Å². The molecule has 1 aromatic carbocycles. The zero-order chi connectivity index (χ0) is 13.5. The van der Waals surface area contributed by atoms with Gasteiger partial charge in [0.1, 0.15) is 0 Å². The Morgan fingerprint density at radius 1 is 1.35 bits per heavy atom. The predicted molar refractivity (Wildman–Crippen MR) is 82.0 cm³/mol. The molecule has 0 aromatic heterocycles. The summed E-state index contributed by atoms with van der Waals surface area (Å²) in [5.74, 6) is 0.0235. The average molecular weight is 299 g/mol. The van der Waals surface area contributed by atoms with Crippen LogP contribution in [0.5, 0.6) is 0 Å². The first-order valence-corrected chi connectivity index (χ1v) is 6.93. The number of ether oxygens (including phenoxy) is 1. The van der Waals surface area contributed by atoms with Crippen molar-refractivity contribution in [1.29, 1.82) is 0 Å². The van der Waals surface area contributed by atoms with E-state index < -0.39 is 0 Å². The van der Waals surface area contributed by atoms with Gasteiger partial charge in [0.2, 0.25) is 5.91 Å². The summed E-state index contributed by atoms with van der Waals surface area (Å²) in [6, 6.07) is 10.4. The number of carbonyl (C=O) groups excluding carboxylic acids is 1. The van der Waals surface area contributed by atoms with E-state index in [-0.39, 0.29) is 31.0 Å². The zero-order valence-corrected chi connectivity index (χ0v) is 12.5. The minimum atomic E-state index is 0. The minimum Gasteiger partial charge on any atom is -0.376 e. The predicted octanol–water partition coefficient (Wildman–Crippen LogP) is 1.62. The lowest BCUT2D eigenvalue weighted by Gasteiger charge is -2.15. The Balaban J connectivity index is 0.00000200. The van der Waals surface area contributed by atoms with Gasteiger partial charge in [-0.2, -0.15) is 0 Å². The van der Waals surface area contributed by atoms with Gasteiger partial charge in [0.05, 0.1) is 12.6 Å². The van der Waals surface area contributed by atoms with Gasteiger partial charge in [-0.25, -0.2) is 0 Å². The van der Waals surface area contributed by atoms with Crippen molar-refractivity contribution in [2.75, 3.05) is 26.2 Å². The van der Waals surface area contributed by atoms with Crippen LogP contribution in [-0.4, -0.2) is 43.2 Å². The van der Waals surface area contributed by atoms with E-state index in [4.69, 9.17) is 10.5 Å². The molecule has 0 spiro atoms. The Morgan fingerprint density at radius 2 is 2.10 bits per heavy atom. The van der Waals surface area contributed by atoms with Crippen LogP contribution in [0.3, 0.4) is 0 Å². The van der Waals surface area contributed by atoms with Crippen molar-refractivity contribution in [2.24, 2.45) is 5.73 Å². The van der Waals surface area contributed by atoms with E-state index in [1.807, 2.05) is 6.07 Å². The highest BCUT2D eigenvalue weighted by atomic mass is 35.5. The van der Waals surface area contributed by atoms with Crippen molar-refractivity contribution in [3.63, 3.8) is 0 Å². The number of halogens is 1. The summed E-state index contributed by atoms with van der Waals surface area (Å²) >= 11 is 0. The van der Waals surface area contributed by atoms with Crippen LogP contribution in [0.25, 0.3) is 0 Å². The number of hydrogen-bond donors (Lipinski definition) is 1. The molecule has 0 saturated carbocycles. The molecule has 4 nitrogen and oxygen atoms in total. The second-order valence-electron chi connectivity index (χ2n) is 4.91. The van der Waals surface area contributed by atoms with Crippen molar-refractivity contribution < 1.29 is 9.53 Å². The molecule has 0 aliphatic carbocycles. The standard InChI is InChI=1S/C15H22N2O2.ClH/c16-11-15(18)17-9-8-14(12-17)19-10-4-7-13-5-2-1-3-6-13;/h1-3,5-6,14H,4,7-12,16H2;1H. The molecule has 1 fully saturated rings. The van der Waals surface area contributed by atoms with E-state index >= 15 is 0 Å². The van der Waals surface area contributed by atoms with E-state index in [0.717, 1.165) is 32.4 Å². The van der Waals surface area contributed by atoms with Crippen LogP contribution in [0.1, 0.15) is 18.4 Å². The highest BCUT2D eigenvalue weighted by molar-refractivity contribution is 5.85. The molecule has 0 radical (unpaired) electrons. The van der Waals surface area contributed by atoms with E-state index in [0.29, 0.717) is 6.54 Å². The molecule has 2 N–H and O–H groups in total. The monoisotopic (exact) mass is 298 g/mol. The van der Waals surface area contributed by atoms with Gasteiger partial charge in [-0.1, -0.05) is 30.3 Å². The number of nitrogens with zero attached hydrogens (tertiary/aromatic N) is 1. The number of likely N-dealkylation sites (tertiary alicyclic amines) is 1. The first kappa shape index (κ1) is 17.0. The summed E-state index contributed by atoms with van der Waals surface area (Å²) in [5, 5.41) is 0. The van der Waals surface area contributed by atoms with E-state index in [1.54, 1.807) is 4.90 Å². The summed E-state index contributed by atoms with van der Waals surface area (Å²) in [6.07, 6.45) is 3.17. The first-order valence-electron chi connectivity index (χ1n) is 6.93. The number of benzene rings is 1. The van der Waals surface area contributed by atoms with Crippen molar-refractivity contribution in [2.45, 2.75) is 25.4 Å². The Morgan fingerprint density at radius 3 is 2.80 bits per heavy atom. The maximum absolute atomic E-state index is 11.4. The molecule has 5 heteroatoms. The summed E-state index contributed by atoms with van der Waals surface area (Å²) < 4.78 is 5.81. The Kier molecular flexibility index (Phi) is 7.59. The van der Waals surface area contributed by atoms with E-state index in [2.05, 4.69) is 24.3 Å². The van der Waals surface area contributed by atoms with Crippen LogP contribution in [0.4, 0.5) is 0 Å². The van der Waals surface area contributed by atoms with Gasteiger partial charge >= 0.3 is 0 Å². The third-order valence-corrected chi connectivity index (χ3v) is 3.48. The smallest absolute Gasteiger partial charge is 0.236 e. The molecule has 1 unspecified atom stereocenters. The van der Waals surface area contributed by atoms with Gasteiger partial charge in [-0.3, -0.25) is 4.79 Å². The maximum atomic E-state index is 11.4. The van der Waals surface area contributed by atoms with Crippen LogP contribution in [-0.2, 0) is 16.0 Å². The normalized spacial score (nSPS) is 17.9. The molecule has 1 atom stereocenters. The number of carbonyl (C=O) groups is 1. The van der Waals surface area contributed by atoms with Crippen molar-refractivity contribution in [3.05, 3.63) is 35.9 Å². The quantitative estimate of drug-likeness (QED) is 0.812. The van der Waals surface area contributed by atoms with E-state index in [9.17, 15) is 4.79 Å². The van der Waals surface area contributed by atoms with Crippen LogP contribution in [0.2, 0.25) is 0 Å². The third-order valence-electron chi connectivity index (χ3n) is 3.48. The molecule has 1 aromatic rings. The molecule has 0 bridgehead atoms. The number of aryl methyl sites for hydroxylation is 1. The average Bonchev–Trinajstić information content (AvgIpc) is 2.93. The van der Waals surface area contributed by atoms with Crippen LogP contribution < -0.4 is 5.73 Å². The molecular formula is C15H23ClN2O2.